The maximum atomic E-state index is 15.4. The van der Waals surface area contributed by atoms with E-state index in [-0.39, 0.29) is 21.9 Å². The first-order chi connectivity index (χ1) is 16.7. The Hall–Kier alpha value is -2.99. The van der Waals surface area contributed by atoms with E-state index < -0.39 is 34.7 Å². The number of hydrogen-bond acceptors (Lipinski definition) is 1. The Balaban J connectivity index is 1.59. The van der Waals surface area contributed by atoms with Gasteiger partial charge in [-0.3, -0.25) is 0 Å². The van der Waals surface area contributed by atoms with Gasteiger partial charge in [-0.1, -0.05) is 31.9 Å². The van der Waals surface area contributed by atoms with Crippen LogP contribution in [-0.4, -0.2) is 5.11 Å². The standard InChI is InChI=1S/C29H25F5O/c1-2-3-16-6-8-29(35,9-7-16)21-11-18-5-4-17-10-19(20-13-24(32)28(34)25(33)14-20)12-22(30)26(17)27(18)23(31)15-21/h4-5,10-16,35H,2-3,6-9H2,1H3. The highest BCUT2D eigenvalue weighted by Gasteiger charge is 2.35. The Morgan fingerprint density at radius 2 is 1.26 bits per heavy atom. The first-order valence-corrected chi connectivity index (χ1v) is 11.9. The Kier molecular flexibility index (Phi) is 6.04. The van der Waals surface area contributed by atoms with Crippen LogP contribution in [0.25, 0.3) is 32.7 Å². The molecule has 0 aromatic heterocycles. The molecule has 0 heterocycles. The zero-order chi connectivity index (χ0) is 24.9. The van der Waals surface area contributed by atoms with Crippen LogP contribution >= 0.6 is 0 Å². The van der Waals surface area contributed by atoms with Crippen LogP contribution in [-0.2, 0) is 5.60 Å². The summed E-state index contributed by atoms with van der Waals surface area (Å²) in [5, 5.41) is 12.2. The summed E-state index contributed by atoms with van der Waals surface area (Å²) in [5.74, 6) is -5.19. The minimum atomic E-state index is -1.60. The van der Waals surface area contributed by atoms with Crippen molar-refractivity contribution in [2.24, 2.45) is 5.92 Å². The highest BCUT2D eigenvalue weighted by Crippen LogP contribution is 2.43. The monoisotopic (exact) mass is 484 g/mol. The van der Waals surface area contributed by atoms with Crippen LogP contribution in [0.4, 0.5) is 22.0 Å². The summed E-state index contributed by atoms with van der Waals surface area (Å²) in [6, 6.07) is 10.4. The van der Waals surface area contributed by atoms with Crippen molar-refractivity contribution in [3.63, 3.8) is 0 Å². The van der Waals surface area contributed by atoms with Gasteiger partial charge in [0.05, 0.1) is 5.60 Å². The van der Waals surface area contributed by atoms with Crippen LogP contribution in [0, 0.1) is 35.0 Å². The minimum Gasteiger partial charge on any atom is -0.385 e. The van der Waals surface area contributed by atoms with Gasteiger partial charge in [-0.05, 0) is 95.5 Å². The predicted octanol–water partition coefficient (Wildman–Crippen LogP) is 8.53. The number of halogens is 5. The lowest BCUT2D eigenvalue weighted by Crippen LogP contribution is -2.31. The molecule has 4 aromatic carbocycles. The highest BCUT2D eigenvalue weighted by atomic mass is 19.2. The van der Waals surface area contributed by atoms with E-state index >= 15 is 8.78 Å². The molecule has 1 aliphatic carbocycles. The summed E-state index contributed by atoms with van der Waals surface area (Å²) >= 11 is 0. The second-order valence-electron chi connectivity index (χ2n) is 9.70. The van der Waals surface area contributed by atoms with Crippen LogP contribution in [0.5, 0.6) is 0 Å². The van der Waals surface area contributed by atoms with Gasteiger partial charge in [0.25, 0.3) is 0 Å². The molecule has 0 saturated heterocycles. The van der Waals surface area contributed by atoms with Crippen molar-refractivity contribution in [3.8, 4) is 11.1 Å². The summed E-state index contributed by atoms with van der Waals surface area (Å²) in [6.07, 6.45) is 5.08. The van der Waals surface area contributed by atoms with Crippen LogP contribution in [0.15, 0.2) is 48.5 Å². The zero-order valence-corrected chi connectivity index (χ0v) is 19.3. The van der Waals surface area contributed by atoms with Crippen LogP contribution in [0.3, 0.4) is 0 Å². The van der Waals surface area contributed by atoms with E-state index in [1.165, 1.54) is 12.1 Å². The SMILES string of the molecule is CCCC1CCC(O)(c2cc(F)c3c(ccc4cc(-c5cc(F)c(F)c(F)c5)cc(F)c43)c2)CC1. The fraction of sp³-hybridized carbons (Fsp3) is 0.310. The number of hydrogen-bond donors (Lipinski definition) is 1. The van der Waals surface area contributed by atoms with Gasteiger partial charge in [0, 0.05) is 10.8 Å². The quantitative estimate of drug-likeness (QED) is 0.175. The molecule has 1 saturated carbocycles. The van der Waals surface area contributed by atoms with Gasteiger partial charge in [0.15, 0.2) is 17.5 Å². The number of rotatable bonds is 4. The highest BCUT2D eigenvalue weighted by molar-refractivity contribution is 6.09. The van der Waals surface area contributed by atoms with Crippen LogP contribution < -0.4 is 0 Å². The number of aliphatic hydroxyl groups is 1. The summed E-state index contributed by atoms with van der Waals surface area (Å²) < 4.78 is 71.5. The maximum Gasteiger partial charge on any atom is 0.194 e. The molecule has 0 bridgehead atoms. The fourth-order valence-corrected chi connectivity index (χ4v) is 5.52. The zero-order valence-electron chi connectivity index (χ0n) is 19.3. The van der Waals surface area contributed by atoms with Crippen molar-refractivity contribution < 1.29 is 27.1 Å². The third-order valence-corrected chi connectivity index (χ3v) is 7.42. The Morgan fingerprint density at radius 1 is 0.743 bits per heavy atom. The molecule has 0 radical (unpaired) electrons. The van der Waals surface area contributed by atoms with Crippen LogP contribution in [0.2, 0.25) is 0 Å². The second kappa shape index (κ2) is 8.90. The summed E-state index contributed by atoms with van der Waals surface area (Å²) in [5.41, 5.74) is -0.514. The van der Waals surface area contributed by atoms with E-state index in [9.17, 15) is 18.3 Å². The van der Waals surface area contributed by atoms with Crippen molar-refractivity contribution in [2.75, 3.05) is 0 Å². The first kappa shape index (κ1) is 23.7. The Bertz CT molecular complexity index is 1410. The van der Waals surface area contributed by atoms with Gasteiger partial charge in [0.1, 0.15) is 11.6 Å². The largest absolute Gasteiger partial charge is 0.385 e. The molecule has 1 fully saturated rings. The van der Waals surface area contributed by atoms with Gasteiger partial charge >= 0.3 is 0 Å². The van der Waals surface area contributed by atoms with E-state index in [4.69, 9.17) is 0 Å². The van der Waals surface area contributed by atoms with Crippen molar-refractivity contribution in [1.29, 1.82) is 0 Å². The predicted molar refractivity (Wildman–Crippen MR) is 127 cm³/mol. The topological polar surface area (TPSA) is 20.2 Å². The third kappa shape index (κ3) is 4.18. The Morgan fingerprint density at radius 3 is 1.86 bits per heavy atom. The van der Waals surface area contributed by atoms with Crippen molar-refractivity contribution in [3.05, 3.63) is 83.2 Å². The molecule has 1 nitrogen and oxygen atoms in total. The molecule has 182 valence electrons. The van der Waals surface area contributed by atoms with Gasteiger partial charge in [-0.2, -0.15) is 0 Å². The lowest BCUT2D eigenvalue weighted by atomic mass is 9.73. The summed E-state index contributed by atoms with van der Waals surface area (Å²) in [6.45, 7) is 2.14. The van der Waals surface area contributed by atoms with E-state index in [0.717, 1.165) is 43.9 Å². The average molecular weight is 485 g/mol. The third-order valence-electron chi connectivity index (χ3n) is 7.42. The molecular formula is C29H25F5O. The molecule has 4 aromatic rings. The fourth-order valence-electron chi connectivity index (χ4n) is 5.52. The smallest absolute Gasteiger partial charge is 0.194 e. The summed E-state index contributed by atoms with van der Waals surface area (Å²) in [4.78, 5) is 0. The molecule has 0 aliphatic heterocycles. The molecule has 1 N–H and O–H groups in total. The molecule has 0 atom stereocenters. The molecule has 0 unspecified atom stereocenters. The maximum absolute atomic E-state index is 15.4. The van der Waals surface area contributed by atoms with E-state index in [1.807, 2.05) is 0 Å². The summed E-state index contributed by atoms with van der Waals surface area (Å²) in [7, 11) is 0. The van der Waals surface area contributed by atoms with Crippen LogP contribution in [0.1, 0.15) is 51.0 Å². The molecular weight excluding hydrogens is 459 g/mol. The van der Waals surface area contributed by atoms with Crippen molar-refractivity contribution in [2.45, 2.75) is 51.0 Å². The minimum absolute atomic E-state index is 0.0287. The number of fused-ring (bicyclic) bond motifs is 3. The lowest BCUT2D eigenvalue weighted by Gasteiger charge is -2.36. The number of benzene rings is 4. The lowest BCUT2D eigenvalue weighted by molar-refractivity contribution is -0.0153. The van der Waals surface area contributed by atoms with Gasteiger partial charge in [-0.15, -0.1) is 0 Å². The van der Waals surface area contributed by atoms with E-state index in [1.54, 1.807) is 18.2 Å². The van der Waals surface area contributed by atoms with E-state index in [0.29, 0.717) is 35.1 Å². The molecule has 35 heavy (non-hydrogen) atoms. The molecule has 5 rings (SSSR count). The van der Waals surface area contributed by atoms with Gasteiger partial charge < -0.3 is 5.11 Å². The Labute approximate surface area is 200 Å². The van der Waals surface area contributed by atoms with E-state index in [2.05, 4.69) is 6.92 Å². The molecule has 1 aliphatic rings. The van der Waals surface area contributed by atoms with Gasteiger partial charge in [0.2, 0.25) is 0 Å². The second-order valence-corrected chi connectivity index (χ2v) is 9.70. The van der Waals surface area contributed by atoms with Crippen molar-refractivity contribution >= 4 is 21.5 Å². The first-order valence-electron chi connectivity index (χ1n) is 11.9. The average Bonchev–Trinajstić information content (AvgIpc) is 2.83. The van der Waals surface area contributed by atoms with Gasteiger partial charge in [-0.25, -0.2) is 22.0 Å². The molecule has 0 spiro atoms. The normalized spacial score (nSPS) is 20.6. The molecule has 6 heteroatoms. The molecule has 0 amide bonds. The van der Waals surface area contributed by atoms with Crippen molar-refractivity contribution in [1.82, 2.24) is 0 Å².